The van der Waals surface area contributed by atoms with Crippen LogP contribution in [0.15, 0.2) is 41.5 Å². The lowest BCUT2D eigenvalue weighted by molar-refractivity contribution is 0.102. The molecule has 1 N–H and O–H groups in total. The van der Waals surface area contributed by atoms with Crippen molar-refractivity contribution in [1.82, 2.24) is 9.55 Å². The summed E-state index contributed by atoms with van der Waals surface area (Å²) in [4.78, 5) is 27.8. The van der Waals surface area contributed by atoms with Gasteiger partial charge in [0.25, 0.3) is 11.5 Å². The molecule has 21 heavy (non-hydrogen) atoms. The maximum Gasteiger partial charge on any atom is 0.257 e. The number of thioether (sulfide) groups is 1. The minimum atomic E-state index is -0.333. The summed E-state index contributed by atoms with van der Waals surface area (Å²) >= 11 is 1.80. The molecule has 0 fully saturated rings. The Balaban J connectivity index is 2.11. The summed E-state index contributed by atoms with van der Waals surface area (Å²) in [5, 5.41) is 2.71. The molecule has 0 bridgehead atoms. The Morgan fingerprint density at radius 1 is 1.38 bits per heavy atom. The number of pyridine rings is 2. The molecule has 6 heteroatoms. The van der Waals surface area contributed by atoms with Gasteiger partial charge in [-0.2, -0.15) is 11.8 Å². The van der Waals surface area contributed by atoms with Crippen LogP contribution in [0.1, 0.15) is 22.8 Å². The molecule has 0 spiro atoms. The van der Waals surface area contributed by atoms with E-state index in [0.29, 0.717) is 11.4 Å². The summed E-state index contributed by atoms with van der Waals surface area (Å²) in [5.74, 6) is 2.08. The first-order valence-corrected chi connectivity index (χ1v) is 7.76. The van der Waals surface area contributed by atoms with Crippen LogP contribution in [0.3, 0.4) is 0 Å². The largest absolute Gasteiger partial charge is 0.319 e. The van der Waals surface area contributed by atoms with Crippen molar-refractivity contribution >= 4 is 23.5 Å². The molecule has 0 radical (unpaired) electrons. The molecule has 0 unspecified atom stereocenters. The number of hydrogen-bond acceptors (Lipinski definition) is 4. The Morgan fingerprint density at radius 2 is 2.19 bits per heavy atom. The van der Waals surface area contributed by atoms with E-state index in [2.05, 4.69) is 17.2 Å². The third-order valence-electron chi connectivity index (χ3n) is 2.91. The number of amides is 1. The van der Waals surface area contributed by atoms with Gasteiger partial charge < -0.3 is 9.88 Å². The zero-order valence-electron chi connectivity index (χ0n) is 12.0. The molecule has 2 aromatic heterocycles. The molecule has 0 atom stereocenters. The van der Waals surface area contributed by atoms with Gasteiger partial charge in [0.15, 0.2) is 0 Å². The third-order valence-corrected chi connectivity index (χ3v) is 3.85. The Labute approximate surface area is 127 Å². The Kier molecular flexibility index (Phi) is 5.16. The third kappa shape index (κ3) is 4.19. The fourth-order valence-electron chi connectivity index (χ4n) is 1.73. The Hall–Kier alpha value is -2.08. The van der Waals surface area contributed by atoms with Gasteiger partial charge in [-0.1, -0.05) is 6.92 Å². The van der Waals surface area contributed by atoms with E-state index in [4.69, 9.17) is 0 Å². The predicted molar refractivity (Wildman–Crippen MR) is 85.7 cm³/mol. The first-order chi connectivity index (χ1) is 10.1. The number of nitrogens with one attached hydrogen (secondary N) is 1. The molecule has 110 valence electrons. The predicted octanol–water partition coefficient (Wildman–Crippen LogP) is 2.29. The second kappa shape index (κ2) is 7.08. The molecule has 2 aromatic rings. The maximum atomic E-state index is 12.1. The number of aryl methyl sites for hydroxylation is 1. The van der Waals surface area contributed by atoms with Crippen LogP contribution >= 0.6 is 11.8 Å². The van der Waals surface area contributed by atoms with Crippen molar-refractivity contribution in [3.05, 3.63) is 58.1 Å². The van der Waals surface area contributed by atoms with Gasteiger partial charge in [0, 0.05) is 36.8 Å². The standard InChI is InChI=1S/C15H17N3O2S/c1-3-21-10-11-4-6-16-13(8-11)17-15(20)12-5-7-18(2)14(19)9-12/h4-9H,3,10H2,1-2H3,(H,16,17,20). The molecule has 0 aliphatic rings. The number of anilines is 1. The second-order valence-corrected chi connectivity index (χ2v) is 5.78. The molecular formula is C15H17N3O2S. The average Bonchev–Trinajstić information content (AvgIpc) is 2.48. The topological polar surface area (TPSA) is 64.0 Å². The van der Waals surface area contributed by atoms with Crippen molar-refractivity contribution in [1.29, 1.82) is 0 Å². The van der Waals surface area contributed by atoms with Crippen LogP contribution in [0.4, 0.5) is 5.82 Å². The van der Waals surface area contributed by atoms with Crippen molar-refractivity contribution in [2.75, 3.05) is 11.1 Å². The summed E-state index contributed by atoms with van der Waals surface area (Å²) in [6.07, 6.45) is 3.24. The lowest BCUT2D eigenvalue weighted by atomic mass is 10.2. The van der Waals surface area contributed by atoms with E-state index < -0.39 is 0 Å². The summed E-state index contributed by atoms with van der Waals surface area (Å²) in [6, 6.07) is 6.69. The zero-order valence-corrected chi connectivity index (χ0v) is 12.8. The molecule has 5 nitrogen and oxygen atoms in total. The van der Waals surface area contributed by atoms with E-state index in [9.17, 15) is 9.59 Å². The van der Waals surface area contributed by atoms with Crippen LogP contribution in [0.5, 0.6) is 0 Å². The zero-order chi connectivity index (χ0) is 15.2. The summed E-state index contributed by atoms with van der Waals surface area (Å²) < 4.78 is 1.41. The molecule has 0 aromatic carbocycles. The number of nitrogens with zero attached hydrogens (tertiary/aromatic N) is 2. The van der Waals surface area contributed by atoms with Crippen LogP contribution in [0.2, 0.25) is 0 Å². The smallest absolute Gasteiger partial charge is 0.257 e. The van der Waals surface area contributed by atoms with E-state index in [1.807, 2.05) is 12.1 Å². The minimum Gasteiger partial charge on any atom is -0.319 e. The van der Waals surface area contributed by atoms with Crippen molar-refractivity contribution in [2.45, 2.75) is 12.7 Å². The molecule has 0 aliphatic carbocycles. The molecular weight excluding hydrogens is 286 g/mol. The van der Waals surface area contributed by atoms with Crippen LogP contribution < -0.4 is 10.9 Å². The minimum absolute atomic E-state index is 0.219. The monoisotopic (exact) mass is 303 g/mol. The Morgan fingerprint density at radius 3 is 2.90 bits per heavy atom. The number of carbonyl (C=O) groups excluding carboxylic acids is 1. The molecule has 0 saturated heterocycles. The van der Waals surface area contributed by atoms with Gasteiger partial charge in [0.05, 0.1) is 0 Å². The highest BCUT2D eigenvalue weighted by Crippen LogP contribution is 2.14. The number of rotatable bonds is 5. The fraction of sp³-hybridized carbons (Fsp3) is 0.267. The first-order valence-electron chi connectivity index (χ1n) is 6.61. The quantitative estimate of drug-likeness (QED) is 0.920. The van der Waals surface area contributed by atoms with Gasteiger partial charge in [-0.25, -0.2) is 4.98 Å². The maximum absolute atomic E-state index is 12.1. The van der Waals surface area contributed by atoms with Crippen molar-refractivity contribution in [3.63, 3.8) is 0 Å². The number of carbonyl (C=O) groups is 1. The van der Waals surface area contributed by atoms with Crippen LogP contribution in [0.25, 0.3) is 0 Å². The Bertz CT molecular complexity index is 697. The molecule has 2 heterocycles. The van der Waals surface area contributed by atoms with Crippen molar-refractivity contribution < 1.29 is 4.79 Å². The van der Waals surface area contributed by atoms with Gasteiger partial charge in [-0.3, -0.25) is 9.59 Å². The number of aromatic nitrogens is 2. The van der Waals surface area contributed by atoms with Gasteiger partial charge in [0.1, 0.15) is 5.82 Å². The van der Waals surface area contributed by atoms with E-state index >= 15 is 0 Å². The highest BCUT2D eigenvalue weighted by atomic mass is 32.2. The van der Waals surface area contributed by atoms with E-state index in [1.54, 1.807) is 37.3 Å². The van der Waals surface area contributed by atoms with Gasteiger partial charge in [-0.05, 0) is 29.5 Å². The van der Waals surface area contributed by atoms with Crippen molar-refractivity contribution in [3.8, 4) is 0 Å². The summed E-state index contributed by atoms with van der Waals surface area (Å²) in [6.45, 7) is 2.10. The normalized spacial score (nSPS) is 10.4. The van der Waals surface area contributed by atoms with Gasteiger partial charge in [-0.15, -0.1) is 0 Å². The van der Waals surface area contributed by atoms with Crippen LogP contribution in [0, 0.1) is 0 Å². The van der Waals surface area contributed by atoms with E-state index in [1.165, 1.54) is 10.6 Å². The molecule has 0 aliphatic heterocycles. The van der Waals surface area contributed by atoms with Gasteiger partial charge >= 0.3 is 0 Å². The molecule has 2 rings (SSSR count). The highest BCUT2D eigenvalue weighted by molar-refractivity contribution is 7.98. The number of hydrogen-bond donors (Lipinski definition) is 1. The summed E-state index contributed by atoms with van der Waals surface area (Å²) in [5.41, 5.74) is 1.22. The summed E-state index contributed by atoms with van der Waals surface area (Å²) in [7, 11) is 1.64. The molecule has 0 saturated carbocycles. The second-order valence-electron chi connectivity index (χ2n) is 4.51. The van der Waals surface area contributed by atoms with Gasteiger partial charge in [0.2, 0.25) is 0 Å². The van der Waals surface area contributed by atoms with E-state index in [0.717, 1.165) is 17.1 Å². The SMILES string of the molecule is CCSCc1ccnc(NC(=O)c2ccn(C)c(=O)c2)c1. The average molecular weight is 303 g/mol. The van der Waals surface area contributed by atoms with Crippen LogP contribution in [-0.2, 0) is 12.8 Å². The fourth-order valence-corrected chi connectivity index (χ4v) is 2.35. The van der Waals surface area contributed by atoms with Crippen molar-refractivity contribution in [2.24, 2.45) is 7.05 Å². The highest BCUT2D eigenvalue weighted by Gasteiger charge is 2.08. The first kappa shape index (κ1) is 15.3. The van der Waals surface area contributed by atoms with E-state index in [-0.39, 0.29) is 11.5 Å². The lowest BCUT2D eigenvalue weighted by Crippen LogP contribution is -2.20. The molecule has 1 amide bonds. The van der Waals surface area contributed by atoms with Crippen LogP contribution in [-0.4, -0.2) is 21.2 Å². The lowest BCUT2D eigenvalue weighted by Gasteiger charge is -2.06.